The monoisotopic (exact) mass is 404 g/mol. The van der Waals surface area contributed by atoms with E-state index in [1.807, 2.05) is 19.1 Å². The molecule has 1 saturated carbocycles. The van der Waals surface area contributed by atoms with Crippen molar-refractivity contribution in [3.8, 4) is 0 Å². The number of carbonyl (C=O) groups excluding carboxylic acids is 1. The second kappa shape index (κ2) is 7.00. The van der Waals surface area contributed by atoms with Crippen molar-refractivity contribution in [3.05, 3.63) is 42.0 Å². The first-order valence-corrected chi connectivity index (χ1v) is 11.0. The Bertz CT molecular complexity index is 916. The van der Waals surface area contributed by atoms with E-state index in [9.17, 15) is 23.1 Å². The van der Waals surface area contributed by atoms with Crippen LogP contribution in [0.3, 0.4) is 0 Å². The van der Waals surface area contributed by atoms with Gasteiger partial charge in [0.15, 0.2) is 0 Å². The van der Waals surface area contributed by atoms with Crippen LogP contribution in [0.25, 0.3) is 0 Å². The number of amides is 1. The van der Waals surface area contributed by atoms with Crippen LogP contribution in [0, 0.1) is 30.6 Å². The van der Waals surface area contributed by atoms with Crippen LogP contribution in [0.5, 0.6) is 0 Å². The number of piperazine rings is 1. The van der Waals surface area contributed by atoms with Gasteiger partial charge in [-0.15, -0.1) is 0 Å². The van der Waals surface area contributed by atoms with Gasteiger partial charge in [0, 0.05) is 26.2 Å². The SMILES string of the molecule is Cc1ccc(S(=O)(=O)N2CCN(C(=O)[C@H]3[C@H](C(=O)O)[C@H]4C=C[C@H]3C4)CC2)cc1. The van der Waals surface area contributed by atoms with E-state index < -0.39 is 27.8 Å². The molecular formula is C20H24N2O5S. The first kappa shape index (κ1) is 19.1. The lowest BCUT2D eigenvalue weighted by Gasteiger charge is -2.37. The first-order chi connectivity index (χ1) is 13.3. The smallest absolute Gasteiger partial charge is 0.307 e. The maximum Gasteiger partial charge on any atom is 0.307 e. The Morgan fingerprint density at radius 1 is 0.964 bits per heavy atom. The van der Waals surface area contributed by atoms with Gasteiger partial charge in [0.1, 0.15) is 0 Å². The number of aryl methyl sites for hydroxylation is 1. The molecule has 1 amide bonds. The van der Waals surface area contributed by atoms with Crippen LogP contribution < -0.4 is 0 Å². The van der Waals surface area contributed by atoms with Crippen LogP contribution in [0.4, 0.5) is 0 Å². The number of hydrogen-bond acceptors (Lipinski definition) is 4. The van der Waals surface area contributed by atoms with Gasteiger partial charge in [-0.1, -0.05) is 29.8 Å². The van der Waals surface area contributed by atoms with E-state index in [1.54, 1.807) is 29.2 Å². The molecule has 1 aromatic carbocycles. The van der Waals surface area contributed by atoms with Gasteiger partial charge in [0.05, 0.1) is 16.7 Å². The number of hydrogen-bond donors (Lipinski definition) is 1. The molecule has 2 fully saturated rings. The molecule has 8 heteroatoms. The maximum atomic E-state index is 13.0. The lowest BCUT2D eigenvalue weighted by Crippen LogP contribution is -2.53. The molecule has 0 unspecified atom stereocenters. The molecule has 1 heterocycles. The molecule has 4 rings (SSSR count). The Hall–Kier alpha value is -2.19. The van der Waals surface area contributed by atoms with Gasteiger partial charge >= 0.3 is 5.97 Å². The number of carboxylic acid groups (broad SMARTS) is 1. The second-order valence-electron chi connectivity index (χ2n) is 7.88. The molecule has 3 aliphatic rings. The highest BCUT2D eigenvalue weighted by molar-refractivity contribution is 7.89. The molecule has 1 aliphatic heterocycles. The Morgan fingerprint density at radius 3 is 2.11 bits per heavy atom. The molecular weight excluding hydrogens is 380 g/mol. The predicted molar refractivity (Wildman–Crippen MR) is 102 cm³/mol. The highest BCUT2D eigenvalue weighted by Gasteiger charge is 2.52. The van der Waals surface area contributed by atoms with Crippen molar-refractivity contribution >= 4 is 21.9 Å². The summed E-state index contributed by atoms with van der Waals surface area (Å²) in [7, 11) is -3.59. The van der Waals surface area contributed by atoms with Crippen LogP contribution in [0.15, 0.2) is 41.3 Å². The van der Waals surface area contributed by atoms with Crippen molar-refractivity contribution in [3.63, 3.8) is 0 Å². The quantitative estimate of drug-likeness (QED) is 0.765. The zero-order valence-electron chi connectivity index (χ0n) is 15.7. The number of carboxylic acids is 1. The third kappa shape index (κ3) is 3.14. The predicted octanol–water partition coefficient (Wildman–Crippen LogP) is 1.35. The average Bonchev–Trinajstić information content (AvgIpc) is 3.29. The minimum Gasteiger partial charge on any atom is -0.481 e. The minimum atomic E-state index is -3.59. The van der Waals surface area contributed by atoms with E-state index in [0.29, 0.717) is 0 Å². The Morgan fingerprint density at radius 2 is 1.54 bits per heavy atom. The number of rotatable bonds is 4. The summed E-state index contributed by atoms with van der Waals surface area (Å²) in [5, 5.41) is 9.56. The summed E-state index contributed by atoms with van der Waals surface area (Å²) in [6.07, 6.45) is 4.60. The van der Waals surface area contributed by atoms with Crippen molar-refractivity contribution < 1.29 is 23.1 Å². The topological polar surface area (TPSA) is 95.0 Å². The Balaban J connectivity index is 1.44. The van der Waals surface area contributed by atoms with Crippen LogP contribution in [0.2, 0.25) is 0 Å². The highest BCUT2D eigenvalue weighted by Crippen LogP contribution is 2.48. The van der Waals surface area contributed by atoms with Crippen LogP contribution in [0.1, 0.15) is 12.0 Å². The zero-order chi connectivity index (χ0) is 20.1. The lowest BCUT2D eigenvalue weighted by molar-refractivity contribution is -0.151. The fourth-order valence-electron chi connectivity index (χ4n) is 4.71. The highest BCUT2D eigenvalue weighted by atomic mass is 32.2. The maximum absolute atomic E-state index is 13.0. The van der Waals surface area contributed by atoms with Crippen LogP contribution in [-0.2, 0) is 19.6 Å². The van der Waals surface area contributed by atoms with Crippen LogP contribution in [-0.4, -0.2) is 60.8 Å². The Kier molecular flexibility index (Phi) is 4.79. The van der Waals surface area contributed by atoms with E-state index >= 15 is 0 Å². The summed E-state index contributed by atoms with van der Waals surface area (Å²) < 4.78 is 27.0. The van der Waals surface area contributed by atoms with Gasteiger partial charge < -0.3 is 10.0 Å². The standard InChI is InChI=1S/C20H24N2O5S/c1-13-2-6-16(7-3-13)28(26,27)22-10-8-21(9-11-22)19(23)17-14-4-5-15(12-14)18(17)20(24)25/h2-7,14-15,17-18H,8-12H2,1H3,(H,24,25)/t14-,15-,17+,18+/m0/s1. The van der Waals surface area contributed by atoms with Gasteiger partial charge in [-0.05, 0) is 37.3 Å². The molecule has 28 heavy (non-hydrogen) atoms. The summed E-state index contributed by atoms with van der Waals surface area (Å²) in [5.41, 5.74) is 0.988. The van der Waals surface area contributed by atoms with Gasteiger partial charge in [-0.3, -0.25) is 9.59 Å². The number of carbonyl (C=O) groups is 2. The molecule has 1 N–H and O–H groups in total. The normalized spacial score (nSPS) is 30.0. The summed E-state index contributed by atoms with van der Waals surface area (Å²) in [6.45, 7) is 2.91. The Labute approximate surface area is 164 Å². The van der Waals surface area contributed by atoms with Crippen molar-refractivity contribution in [1.82, 2.24) is 9.21 Å². The van der Waals surface area contributed by atoms with Crippen LogP contribution >= 0.6 is 0 Å². The van der Waals surface area contributed by atoms with Crippen molar-refractivity contribution in [1.29, 1.82) is 0 Å². The van der Waals surface area contributed by atoms with Crippen molar-refractivity contribution in [2.24, 2.45) is 23.7 Å². The average molecular weight is 404 g/mol. The number of fused-ring (bicyclic) bond motifs is 2. The van der Waals surface area contributed by atoms with Crippen molar-refractivity contribution in [2.75, 3.05) is 26.2 Å². The van der Waals surface area contributed by atoms with Gasteiger partial charge in [0.2, 0.25) is 15.9 Å². The van der Waals surface area contributed by atoms with E-state index in [2.05, 4.69) is 0 Å². The molecule has 1 aromatic rings. The van der Waals surface area contributed by atoms with E-state index in [0.717, 1.165) is 12.0 Å². The largest absolute Gasteiger partial charge is 0.481 e. The fourth-order valence-corrected chi connectivity index (χ4v) is 6.14. The van der Waals surface area contributed by atoms with E-state index in [1.165, 1.54) is 4.31 Å². The summed E-state index contributed by atoms with van der Waals surface area (Å²) in [4.78, 5) is 26.6. The molecule has 7 nitrogen and oxygen atoms in total. The zero-order valence-corrected chi connectivity index (χ0v) is 16.5. The van der Waals surface area contributed by atoms with Gasteiger partial charge in [-0.2, -0.15) is 4.31 Å². The lowest BCUT2D eigenvalue weighted by atomic mass is 9.82. The summed E-state index contributed by atoms with van der Waals surface area (Å²) in [5.74, 6) is -2.37. The molecule has 1 saturated heterocycles. The summed E-state index contributed by atoms with van der Waals surface area (Å²) >= 11 is 0. The summed E-state index contributed by atoms with van der Waals surface area (Å²) in [6, 6.07) is 6.73. The first-order valence-electron chi connectivity index (χ1n) is 9.56. The number of benzene rings is 1. The van der Waals surface area contributed by atoms with E-state index in [4.69, 9.17) is 0 Å². The third-order valence-corrected chi connectivity index (χ3v) is 8.15. The number of nitrogens with zero attached hydrogens (tertiary/aromatic N) is 2. The molecule has 0 spiro atoms. The van der Waals surface area contributed by atoms with Gasteiger partial charge in [0.25, 0.3) is 0 Å². The molecule has 2 aliphatic carbocycles. The molecule has 150 valence electrons. The molecule has 4 atom stereocenters. The minimum absolute atomic E-state index is 0.0204. The van der Waals surface area contributed by atoms with Crippen molar-refractivity contribution in [2.45, 2.75) is 18.2 Å². The number of sulfonamides is 1. The molecule has 0 aromatic heterocycles. The number of allylic oxidation sites excluding steroid dienone is 2. The van der Waals surface area contributed by atoms with Gasteiger partial charge in [-0.25, -0.2) is 8.42 Å². The van der Waals surface area contributed by atoms with E-state index in [-0.39, 0.29) is 48.8 Å². The second-order valence-corrected chi connectivity index (χ2v) is 9.82. The number of aliphatic carboxylic acids is 1. The molecule has 2 bridgehead atoms. The fraction of sp³-hybridized carbons (Fsp3) is 0.500. The molecule has 0 radical (unpaired) electrons. The third-order valence-electron chi connectivity index (χ3n) is 6.24.